The standard InChI is InChI=1S/C17H16N2O2/c1-21-15-8-4-7-13-16(15)18-17(20)14-9-11-5-2-3-6-12(11)10-19(13)14/h2-8,14H,9-10H2,1H3,(H,18,20). The predicted octanol–water partition coefficient (Wildman–Crippen LogP) is 2.58. The molecule has 21 heavy (non-hydrogen) atoms. The number of ether oxygens (including phenoxy) is 1. The lowest BCUT2D eigenvalue weighted by atomic mass is 9.91. The molecule has 4 rings (SSSR count). The van der Waals surface area contributed by atoms with Crippen LogP contribution < -0.4 is 15.0 Å². The number of carbonyl (C=O) groups excluding carboxylic acids is 1. The molecule has 0 saturated carbocycles. The Labute approximate surface area is 123 Å². The van der Waals surface area contributed by atoms with Crippen LogP contribution in [-0.4, -0.2) is 19.1 Å². The summed E-state index contributed by atoms with van der Waals surface area (Å²) in [6, 6.07) is 14.1. The molecule has 0 bridgehead atoms. The fourth-order valence-electron chi connectivity index (χ4n) is 3.27. The SMILES string of the molecule is COc1cccc2c1NC(=O)C1Cc3ccccc3CN21. The average molecular weight is 280 g/mol. The molecule has 4 nitrogen and oxygen atoms in total. The number of hydrogen-bond acceptors (Lipinski definition) is 3. The minimum absolute atomic E-state index is 0.0431. The highest BCUT2D eigenvalue weighted by molar-refractivity contribution is 6.05. The molecule has 2 heterocycles. The third-order valence-corrected chi connectivity index (χ3v) is 4.33. The van der Waals surface area contributed by atoms with E-state index >= 15 is 0 Å². The number of hydrogen-bond donors (Lipinski definition) is 1. The van der Waals surface area contributed by atoms with Gasteiger partial charge in [-0.2, -0.15) is 0 Å². The van der Waals surface area contributed by atoms with E-state index in [1.807, 2.05) is 24.3 Å². The lowest BCUT2D eigenvalue weighted by molar-refractivity contribution is -0.117. The molecular weight excluding hydrogens is 264 g/mol. The van der Waals surface area contributed by atoms with E-state index in [9.17, 15) is 4.79 Å². The molecule has 1 amide bonds. The number of para-hydroxylation sites is 1. The summed E-state index contributed by atoms with van der Waals surface area (Å²) in [7, 11) is 1.62. The number of methoxy groups -OCH3 is 1. The molecule has 2 aliphatic rings. The molecule has 1 unspecified atom stereocenters. The monoisotopic (exact) mass is 280 g/mol. The van der Waals surface area contributed by atoms with Gasteiger partial charge in [0, 0.05) is 13.0 Å². The van der Waals surface area contributed by atoms with Gasteiger partial charge in [0.25, 0.3) is 0 Å². The summed E-state index contributed by atoms with van der Waals surface area (Å²) in [6.45, 7) is 0.758. The highest BCUT2D eigenvalue weighted by Gasteiger charge is 2.37. The molecule has 0 aliphatic carbocycles. The topological polar surface area (TPSA) is 41.6 Å². The van der Waals surface area contributed by atoms with Crippen molar-refractivity contribution in [3.63, 3.8) is 0 Å². The molecule has 1 atom stereocenters. The van der Waals surface area contributed by atoms with Gasteiger partial charge in [-0.1, -0.05) is 30.3 Å². The zero-order chi connectivity index (χ0) is 14.4. The first-order chi connectivity index (χ1) is 10.3. The Hall–Kier alpha value is -2.49. The number of nitrogens with zero attached hydrogens (tertiary/aromatic N) is 1. The van der Waals surface area contributed by atoms with Crippen molar-refractivity contribution in [3.8, 4) is 5.75 Å². The summed E-state index contributed by atoms with van der Waals surface area (Å²) in [5.41, 5.74) is 4.37. The lowest BCUT2D eigenvalue weighted by Gasteiger charge is -2.42. The Morgan fingerprint density at radius 3 is 2.76 bits per heavy atom. The second-order valence-corrected chi connectivity index (χ2v) is 5.46. The molecule has 106 valence electrons. The van der Waals surface area contributed by atoms with E-state index in [4.69, 9.17) is 4.74 Å². The smallest absolute Gasteiger partial charge is 0.247 e. The second kappa shape index (κ2) is 4.52. The van der Waals surface area contributed by atoms with Crippen molar-refractivity contribution in [2.45, 2.75) is 19.0 Å². The van der Waals surface area contributed by atoms with E-state index in [1.54, 1.807) is 7.11 Å². The number of fused-ring (bicyclic) bond motifs is 4. The van der Waals surface area contributed by atoms with Crippen molar-refractivity contribution in [1.29, 1.82) is 0 Å². The van der Waals surface area contributed by atoms with Crippen LogP contribution >= 0.6 is 0 Å². The fraction of sp³-hybridized carbons (Fsp3) is 0.235. The molecule has 2 aromatic rings. The van der Waals surface area contributed by atoms with Crippen LogP contribution in [0.3, 0.4) is 0 Å². The van der Waals surface area contributed by atoms with E-state index in [0.717, 1.165) is 24.3 Å². The minimum Gasteiger partial charge on any atom is -0.494 e. The van der Waals surface area contributed by atoms with E-state index in [1.165, 1.54) is 11.1 Å². The number of carbonyl (C=O) groups is 1. The van der Waals surface area contributed by atoms with Gasteiger partial charge in [0.05, 0.1) is 12.8 Å². The summed E-state index contributed by atoms with van der Waals surface area (Å²) < 4.78 is 5.37. The maximum absolute atomic E-state index is 12.5. The Kier molecular flexibility index (Phi) is 2.64. The van der Waals surface area contributed by atoms with Crippen LogP contribution in [0.5, 0.6) is 5.75 Å². The molecule has 4 heteroatoms. The van der Waals surface area contributed by atoms with Gasteiger partial charge in [-0.15, -0.1) is 0 Å². The van der Waals surface area contributed by atoms with Crippen LogP contribution in [0.25, 0.3) is 0 Å². The Morgan fingerprint density at radius 2 is 1.95 bits per heavy atom. The second-order valence-electron chi connectivity index (χ2n) is 5.46. The van der Waals surface area contributed by atoms with Gasteiger partial charge in [0.2, 0.25) is 5.91 Å². The summed E-state index contributed by atoms with van der Waals surface area (Å²) in [5.74, 6) is 0.750. The molecule has 0 radical (unpaired) electrons. The third kappa shape index (κ3) is 1.79. The molecule has 0 aromatic heterocycles. The normalized spacial score (nSPS) is 19.2. The number of benzene rings is 2. The highest BCUT2D eigenvalue weighted by atomic mass is 16.5. The van der Waals surface area contributed by atoms with Gasteiger partial charge in [-0.25, -0.2) is 0 Å². The lowest BCUT2D eigenvalue weighted by Crippen LogP contribution is -2.51. The van der Waals surface area contributed by atoms with E-state index in [0.29, 0.717) is 5.75 Å². The van der Waals surface area contributed by atoms with Gasteiger partial charge < -0.3 is 15.0 Å². The summed E-state index contributed by atoms with van der Waals surface area (Å²) in [6.07, 6.45) is 0.749. The van der Waals surface area contributed by atoms with Crippen molar-refractivity contribution >= 4 is 17.3 Å². The Balaban J connectivity index is 1.84. The molecular formula is C17H16N2O2. The number of anilines is 2. The van der Waals surface area contributed by atoms with Crippen molar-refractivity contribution in [2.24, 2.45) is 0 Å². The largest absolute Gasteiger partial charge is 0.494 e. The molecule has 2 aliphatic heterocycles. The number of nitrogens with one attached hydrogen (secondary N) is 1. The number of amides is 1. The zero-order valence-electron chi connectivity index (χ0n) is 11.8. The highest BCUT2D eigenvalue weighted by Crippen LogP contribution is 2.42. The van der Waals surface area contributed by atoms with Crippen molar-refractivity contribution in [2.75, 3.05) is 17.3 Å². The van der Waals surface area contributed by atoms with Gasteiger partial charge >= 0.3 is 0 Å². The van der Waals surface area contributed by atoms with Gasteiger partial charge in [0.1, 0.15) is 17.5 Å². The van der Waals surface area contributed by atoms with E-state index < -0.39 is 0 Å². The third-order valence-electron chi connectivity index (χ3n) is 4.33. The first-order valence-corrected chi connectivity index (χ1v) is 7.09. The van der Waals surface area contributed by atoms with Gasteiger partial charge in [0.15, 0.2) is 0 Å². The number of rotatable bonds is 1. The molecule has 0 spiro atoms. The van der Waals surface area contributed by atoms with Gasteiger partial charge in [-0.3, -0.25) is 4.79 Å². The van der Waals surface area contributed by atoms with E-state index in [-0.39, 0.29) is 11.9 Å². The molecule has 0 fully saturated rings. The van der Waals surface area contributed by atoms with Crippen LogP contribution in [0, 0.1) is 0 Å². The summed E-state index contributed by atoms with van der Waals surface area (Å²) in [4.78, 5) is 14.6. The van der Waals surface area contributed by atoms with Crippen LogP contribution in [0.2, 0.25) is 0 Å². The van der Waals surface area contributed by atoms with Gasteiger partial charge in [-0.05, 0) is 23.3 Å². The molecule has 0 saturated heterocycles. The fourth-order valence-corrected chi connectivity index (χ4v) is 3.27. The molecule has 2 aromatic carbocycles. The van der Waals surface area contributed by atoms with Crippen LogP contribution in [0.1, 0.15) is 11.1 Å². The quantitative estimate of drug-likeness (QED) is 0.873. The minimum atomic E-state index is -0.139. The summed E-state index contributed by atoms with van der Waals surface area (Å²) in [5, 5.41) is 3.00. The first kappa shape index (κ1) is 12.3. The van der Waals surface area contributed by atoms with E-state index in [2.05, 4.69) is 28.4 Å². The maximum Gasteiger partial charge on any atom is 0.247 e. The average Bonchev–Trinajstić information content (AvgIpc) is 2.53. The zero-order valence-corrected chi connectivity index (χ0v) is 11.8. The Morgan fingerprint density at radius 1 is 1.14 bits per heavy atom. The first-order valence-electron chi connectivity index (χ1n) is 7.09. The van der Waals surface area contributed by atoms with Crippen LogP contribution in [0.15, 0.2) is 42.5 Å². The molecule has 1 N–H and O–H groups in total. The maximum atomic E-state index is 12.5. The predicted molar refractivity (Wildman–Crippen MR) is 81.7 cm³/mol. The van der Waals surface area contributed by atoms with Crippen LogP contribution in [0.4, 0.5) is 11.4 Å². The van der Waals surface area contributed by atoms with Crippen molar-refractivity contribution in [3.05, 3.63) is 53.6 Å². The summed E-state index contributed by atoms with van der Waals surface area (Å²) >= 11 is 0. The van der Waals surface area contributed by atoms with Crippen molar-refractivity contribution < 1.29 is 9.53 Å². The Bertz CT molecular complexity index is 726. The van der Waals surface area contributed by atoms with Crippen molar-refractivity contribution in [1.82, 2.24) is 0 Å². The van der Waals surface area contributed by atoms with Crippen LogP contribution in [-0.2, 0) is 17.8 Å².